The molecule has 102 valence electrons. The molecular weight excluding hydrogens is 306 g/mol. The predicted octanol–water partition coefficient (Wildman–Crippen LogP) is 3.73. The minimum absolute atomic E-state index is 0.759. The number of methoxy groups -OCH3 is 1. The van der Waals surface area contributed by atoms with Gasteiger partial charge in [-0.3, -0.25) is 0 Å². The molecule has 1 heterocycles. The summed E-state index contributed by atoms with van der Waals surface area (Å²) in [6, 6.07) is 8.06. The molecule has 4 nitrogen and oxygen atoms in total. The highest BCUT2D eigenvalue weighted by Crippen LogP contribution is 2.19. The van der Waals surface area contributed by atoms with Crippen LogP contribution in [0.4, 0.5) is 11.6 Å². The molecule has 0 aliphatic heterocycles. The molecule has 19 heavy (non-hydrogen) atoms. The van der Waals surface area contributed by atoms with E-state index < -0.39 is 0 Å². The van der Waals surface area contributed by atoms with E-state index in [-0.39, 0.29) is 0 Å². The van der Waals surface area contributed by atoms with Gasteiger partial charge in [0.25, 0.3) is 0 Å². The van der Waals surface area contributed by atoms with Gasteiger partial charge in [-0.25, -0.2) is 4.98 Å². The zero-order valence-corrected chi connectivity index (χ0v) is 12.8. The number of nitrogens with zero attached hydrogens (tertiary/aromatic N) is 2. The second kappa shape index (κ2) is 6.73. The summed E-state index contributed by atoms with van der Waals surface area (Å²) in [6.45, 7) is 3.65. The van der Waals surface area contributed by atoms with Crippen molar-refractivity contribution in [3.63, 3.8) is 0 Å². The van der Waals surface area contributed by atoms with Gasteiger partial charge in [-0.15, -0.1) is 0 Å². The molecule has 2 aromatic rings. The highest BCUT2D eigenvalue weighted by molar-refractivity contribution is 9.10. The molecule has 0 atom stereocenters. The van der Waals surface area contributed by atoms with E-state index in [1.54, 1.807) is 7.11 Å². The summed E-state index contributed by atoms with van der Waals surface area (Å²) in [6.07, 6.45) is 3.03. The predicted molar refractivity (Wildman–Crippen MR) is 80.9 cm³/mol. The number of halogens is 1. The number of aromatic nitrogens is 2. The van der Waals surface area contributed by atoms with Crippen molar-refractivity contribution in [1.29, 1.82) is 0 Å². The van der Waals surface area contributed by atoms with Crippen LogP contribution in [-0.4, -0.2) is 23.3 Å². The molecule has 0 spiro atoms. The van der Waals surface area contributed by atoms with Gasteiger partial charge in [0.15, 0.2) is 0 Å². The van der Waals surface area contributed by atoms with Crippen molar-refractivity contribution in [2.24, 2.45) is 0 Å². The monoisotopic (exact) mass is 323 g/mol. The van der Waals surface area contributed by atoms with Crippen LogP contribution in [0.5, 0.6) is 0 Å². The Kier molecular flexibility index (Phi) is 4.99. The minimum Gasteiger partial charge on any atom is -0.385 e. The third kappa shape index (κ3) is 4.08. The summed E-state index contributed by atoms with van der Waals surface area (Å²) in [5.74, 6) is 0.871. The van der Waals surface area contributed by atoms with Crippen LogP contribution in [0.25, 0.3) is 0 Å². The van der Waals surface area contributed by atoms with Gasteiger partial charge in [0.2, 0.25) is 5.95 Å². The van der Waals surface area contributed by atoms with Crippen molar-refractivity contribution in [2.75, 3.05) is 19.0 Å². The van der Waals surface area contributed by atoms with Gasteiger partial charge in [0.1, 0.15) is 0 Å². The Bertz CT molecular complexity index is 522. The van der Waals surface area contributed by atoms with Crippen LogP contribution < -0.4 is 5.32 Å². The Balaban J connectivity index is 2.08. The first-order chi connectivity index (χ1) is 9.19. The van der Waals surface area contributed by atoms with Crippen LogP contribution in [0.15, 0.2) is 34.9 Å². The van der Waals surface area contributed by atoms with Crippen LogP contribution in [0.1, 0.15) is 12.1 Å². The third-order valence-corrected chi connectivity index (χ3v) is 3.27. The lowest BCUT2D eigenvalue weighted by Gasteiger charge is -2.09. The van der Waals surface area contributed by atoms with E-state index in [1.165, 1.54) is 0 Å². The van der Waals surface area contributed by atoms with Crippen molar-refractivity contribution in [2.45, 2.75) is 19.9 Å². The number of hydrogen-bond donors (Lipinski definition) is 1. The van der Waals surface area contributed by atoms with Crippen LogP contribution in [0.2, 0.25) is 0 Å². The molecule has 0 amide bonds. The molecule has 0 aliphatic carbocycles. The van der Waals surface area contributed by atoms with Gasteiger partial charge in [-0.1, -0.05) is 15.9 Å². The quantitative estimate of drug-likeness (QED) is 0.823. The van der Waals surface area contributed by atoms with E-state index in [2.05, 4.69) is 37.0 Å². The molecule has 2 rings (SSSR count). The summed E-state index contributed by atoms with van der Waals surface area (Å²) in [5.41, 5.74) is 2.04. The molecule has 0 fully saturated rings. The standard InChI is InChI=1S/C14H18BrN3O/c1-11-10-18(8-3-9-19-2)14(16-11)17-13-6-4-12(15)5-7-13/h4-7,10H,3,8-9H2,1-2H3,(H,16,17). The first kappa shape index (κ1) is 14.1. The second-order valence-corrected chi connectivity index (χ2v) is 5.29. The minimum atomic E-state index is 0.759. The summed E-state index contributed by atoms with van der Waals surface area (Å²) in [5, 5.41) is 3.34. The van der Waals surface area contributed by atoms with E-state index in [0.29, 0.717) is 0 Å². The van der Waals surface area contributed by atoms with Crippen molar-refractivity contribution in [3.05, 3.63) is 40.6 Å². The van der Waals surface area contributed by atoms with Gasteiger partial charge in [-0.2, -0.15) is 0 Å². The summed E-state index contributed by atoms with van der Waals surface area (Å²) >= 11 is 3.43. The van der Waals surface area contributed by atoms with Crippen LogP contribution in [-0.2, 0) is 11.3 Å². The molecule has 5 heteroatoms. The number of imidazole rings is 1. The molecular formula is C14H18BrN3O. The number of benzene rings is 1. The maximum Gasteiger partial charge on any atom is 0.207 e. The zero-order valence-electron chi connectivity index (χ0n) is 11.2. The normalized spacial score (nSPS) is 10.7. The Morgan fingerprint density at radius 1 is 1.32 bits per heavy atom. The summed E-state index contributed by atoms with van der Waals surface area (Å²) < 4.78 is 8.27. The van der Waals surface area contributed by atoms with Crippen LogP contribution in [0.3, 0.4) is 0 Å². The molecule has 1 N–H and O–H groups in total. The maximum absolute atomic E-state index is 5.08. The maximum atomic E-state index is 5.08. The van der Waals surface area contributed by atoms with E-state index in [0.717, 1.165) is 41.4 Å². The lowest BCUT2D eigenvalue weighted by atomic mass is 10.3. The number of hydrogen-bond acceptors (Lipinski definition) is 3. The van der Waals surface area contributed by atoms with Crippen LogP contribution in [0, 0.1) is 6.92 Å². The molecule has 0 saturated carbocycles. The number of ether oxygens (including phenoxy) is 1. The topological polar surface area (TPSA) is 39.1 Å². The molecule has 0 radical (unpaired) electrons. The second-order valence-electron chi connectivity index (χ2n) is 4.38. The first-order valence-electron chi connectivity index (χ1n) is 6.24. The van der Waals surface area contributed by atoms with Gasteiger partial charge in [-0.05, 0) is 37.6 Å². The Labute approximate surface area is 121 Å². The van der Waals surface area contributed by atoms with Crippen molar-refractivity contribution >= 4 is 27.6 Å². The number of aryl methyl sites for hydroxylation is 2. The molecule has 1 aromatic heterocycles. The number of nitrogens with one attached hydrogen (secondary N) is 1. The highest BCUT2D eigenvalue weighted by atomic mass is 79.9. The Hall–Kier alpha value is -1.33. The highest BCUT2D eigenvalue weighted by Gasteiger charge is 2.05. The van der Waals surface area contributed by atoms with Gasteiger partial charge < -0.3 is 14.6 Å². The van der Waals surface area contributed by atoms with Crippen molar-refractivity contribution < 1.29 is 4.74 Å². The molecule has 0 aliphatic rings. The average Bonchev–Trinajstić information content (AvgIpc) is 2.73. The Morgan fingerprint density at radius 3 is 2.74 bits per heavy atom. The fraction of sp³-hybridized carbons (Fsp3) is 0.357. The number of rotatable bonds is 6. The molecule has 0 saturated heterocycles. The van der Waals surface area contributed by atoms with E-state index in [9.17, 15) is 0 Å². The van der Waals surface area contributed by atoms with E-state index in [4.69, 9.17) is 4.74 Å². The third-order valence-electron chi connectivity index (χ3n) is 2.74. The smallest absolute Gasteiger partial charge is 0.207 e. The first-order valence-corrected chi connectivity index (χ1v) is 7.03. The SMILES string of the molecule is COCCCn1cc(C)nc1Nc1ccc(Br)cc1. The fourth-order valence-corrected chi connectivity index (χ4v) is 2.12. The van der Waals surface area contributed by atoms with Gasteiger partial charge >= 0.3 is 0 Å². The van der Waals surface area contributed by atoms with E-state index in [1.807, 2.05) is 31.2 Å². The van der Waals surface area contributed by atoms with Crippen molar-refractivity contribution in [1.82, 2.24) is 9.55 Å². The van der Waals surface area contributed by atoms with E-state index >= 15 is 0 Å². The zero-order chi connectivity index (χ0) is 13.7. The molecule has 1 aromatic carbocycles. The van der Waals surface area contributed by atoms with Crippen LogP contribution >= 0.6 is 15.9 Å². The molecule has 0 bridgehead atoms. The largest absolute Gasteiger partial charge is 0.385 e. The lowest BCUT2D eigenvalue weighted by Crippen LogP contribution is -2.05. The number of anilines is 2. The van der Waals surface area contributed by atoms with Crippen molar-refractivity contribution in [3.8, 4) is 0 Å². The molecule has 0 unspecified atom stereocenters. The fourth-order valence-electron chi connectivity index (χ4n) is 1.86. The summed E-state index contributed by atoms with van der Waals surface area (Å²) in [7, 11) is 1.72. The Morgan fingerprint density at radius 2 is 2.05 bits per heavy atom. The van der Waals surface area contributed by atoms with Gasteiger partial charge in [0.05, 0.1) is 5.69 Å². The summed E-state index contributed by atoms with van der Waals surface area (Å²) in [4.78, 5) is 4.51. The lowest BCUT2D eigenvalue weighted by molar-refractivity contribution is 0.190. The average molecular weight is 324 g/mol. The van der Waals surface area contributed by atoms with Gasteiger partial charge in [0, 0.05) is 36.6 Å².